The van der Waals surface area contributed by atoms with Crippen molar-refractivity contribution in [3.63, 3.8) is 0 Å². The van der Waals surface area contributed by atoms with E-state index in [-0.39, 0.29) is 11.5 Å². The molecule has 4 nitrogen and oxygen atoms in total. The first-order chi connectivity index (χ1) is 11.5. The Kier molecular flexibility index (Phi) is 4.60. The van der Waals surface area contributed by atoms with Crippen LogP contribution in [-0.2, 0) is 0 Å². The maximum atomic E-state index is 12.6. The number of nitrogens with zero attached hydrogens (tertiary/aromatic N) is 2. The van der Waals surface area contributed by atoms with Crippen molar-refractivity contribution in [3.05, 3.63) is 64.3 Å². The second kappa shape index (κ2) is 6.67. The lowest BCUT2D eigenvalue weighted by Crippen LogP contribution is -2.14. The van der Waals surface area contributed by atoms with Crippen molar-refractivity contribution in [2.75, 3.05) is 24.3 Å². The fraction of sp³-hybridized carbons (Fsp3) is 0.111. The predicted molar refractivity (Wildman–Crippen MR) is 100 cm³/mol. The Morgan fingerprint density at radius 1 is 1.04 bits per heavy atom. The summed E-state index contributed by atoms with van der Waals surface area (Å²) in [5.74, 6) is -0.366. The molecule has 0 aliphatic carbocycles. The van der Waals surface area contributed by atoms with Gasteiger partial charge in [0.25, 0.3) is 5.91 Å². The van der Waals surface area contributed by atoms with Crippen LogP contribution in [0.1, 0.15) is 10.4 Å². The number of fused-ring (bicyclic) bond motifs is 1. The Hall–Kier alpha value is -2.30. The molecule has 0 spiro atoms. The topological polar surface area (TPSA) is 45.2 Å². The SMILES string of the molecule is CN(C)c1ccnc2c(NC(=O)c3c(Cl)cccc3Cl)cccc12. The Balaban J connectivity index is 2.05. The molecular formula is C18H15Cl2N3O. The van der Waals surface area contributed by atoms with E-state index in [1.165, 1.54) is 0 Å². The van der Waals surface area contributed by atoms with E-state index in [0.29, 0.717) is 21.2 Å². The van der Waals surface area contributed by atoms with Crippen molar-refractivity contribution in [2.45, 2.75) is 0 Å². The molecule has 1 heterocycles. The fourth-order valence-electron chi connectivity index (χ4n) is 2.55. The molecule has 1 aromatic heterocycles. The molecule has 2 aromatic carbocycles. The summed E-state index contributed by atoms with van der Waals surface area (Å²) < 4.78 is 0. The number of anilines is 2. The first-order valence-electron chi connectivity index (χ1n) is 7.29. The monoisotopic (exact) mass is 359 g/mol. The van der Waals surface area contributed by atoms with E-state index >= 15 is 0 Å². The molecule has 3 rings (SSSR count). The molecule has 0 saturated carbocycles. The van der Waals surface area contributed by atoms with E-state index in [1.54, 1.807) is 30.5 Å². The molecule has 1 N–H and O–H groups in total. The van der Waals surface area contributed by atoms with Gasteiger partial charge in [-0.2, -0.15) is 0 Å². The van der Waals surface area contributed by atoms with Gasteiger partial charge in [-0.05, 0) is 24.3 Å². The van der Waals surface area contributed by atoms with Gasteiger partial charge < -0.3 is 10.2 Å². The lowest BCUT2D eigenvalue weighted by molar-refractivity contribution is 0.102. The van der Waals surface area contributed by atoms with Crippen molar-refractivity contribution in [1.82, 2.24) is 4.98 Å². The van der Waals surface area contributed by atoms with E-state index in [4.69, 9.17) is 23.2 Å². The van der Waals surface area contributed by atoms with Crippen molar-refractivity contribution >= 4 is 51.4 Å². The molecular weight excluding hydrogens is 345 g/mol. The number of carbonyl (C=O) groups excluding carboxylic acids is 1. The van der Waals surface area contributed by atoms with Gasteiger partial charge in [-0.3, -0.25) is 9.78 Å². The highest BCUT2D eigenvalue weighted by Crippen LogP contribution is 2.30. The highest BCUT2D eigenvalue weighted by atomic mass is 35.5. The van der Waals surface area contributed by atoms with Crippen LogP contribution in [0, 0.1) is 0 Å². The van der Waals surface area contributed by atoms with Crippen molar-refractivity contribution < 1.29 is 4.79 Å². The van der Waals surface area contributed by atoms with Crippen LogP contribution in [0.3, 0.4) is 0 Å². The van der Waals surface area contributed by atoms with Crippen LogP contribution < -0.4 is 10.2 Å². The predicted octanol–water partition coefficient (Wildman–Crippen LogP) is 4.86. The van der Waals surface area contributed by atoms with Gasteiger partial charge in [-0.15, -0.1) is 0 Å². The first kappa shape index (κ1) is 16.6. The van der Waals surface area contributed by atoms with Gasteiger partial charge >= 0.3 is 0 Å². The van der Waals surface area contributed by atoms with Gasteiger partial charge in [0.05, 0.1) is 26.8 Å². The molecule has 0 unspecified atom stereocenters. The van der Waals surface area contributed by atoms with Crippen LogP contribution in [0.25, 0.3) is 10.9 Å². The lowest BCUT2D eigenvalue weighted by atomic mass is 10.1. The third kappa shape index (κ3) is 3.03. The minimum atomic E-state index is -0.366. The minimum absolute atomic E-state index is 0.251. The highest BCUT2D eigenvalue weighted by molar-refractivity contribution is 6.40. The summed E-state index contributed by atoms with van der Waals surface area (Å²) in [6.45, 7) is 0. The van der Waals surface area contributed by atoms with Gasteiger partial charge in [0.2, 0.25) is 0 Å². The molecule has 3 aromatic rings. The molecule has 122 valence electrons. The van der Waals surface area contributed by atoms with E-state index < -0.39 is 0 Å². The maximum Gasteiger partial charge on any atom is 0.258 e. The highest BCUT2D eigenvalue weighted by Gasteiger charge is 2.16. The van der Waals surface area contributed by atoms with Gasteiger partial charge in [-0.1, -0.05) is 41.4 Å². The number of nitrogens with one attached hydrogen (secondary N) is 1. The summed E-state index contributed by atoms with van der Waals surface area (Å²) in [4.78, 5) is 19.0. The minimum Gasteiger partial charge on any atom is -0.377 e. The summed E-state index contributed by atoms with van der Waals surface area (Å²) >= 11 is 12.2. The van der Waals surface area contributed by atoms with E-state index in [9.17, 15) is 4.79 Å². The molecule has 0 aliphatic rings. The zero-order valence-corrected chi connectivity index (χ0v) is 14.7. The molecule has 0 atom stereocenters. The standard InChI is InChI=1S/C18H15Cl2N3O/c1-23(2)15-9-10-21-17-11(15)5-3-8-14(17)22-18(24)16-12(19)6-4-7-13(16)20/h3-10H,1-2H3,(H,22,24). The summed E-state index contributed by atoms with van der Waals surface area (Å²) in [6, 6.07) is 12.5. The number of benzene rings is 2. The Morgan fingerprint density at radius 3 is 2.38 bits per heavy atom. The number of pyridine rings is 1. The molecule has 0 fully saturated rings. The normalized spacial score (nSPS) is 10.7. The Morgan fingerprint density at radius 2 is 1.71 bits per heavy atom. The summed E-state index contributed by atoms with van der Waals surface area (Å²) in [5, 5.41) is 4.42. The third-order valence-electron chi connectivity index (χ3n) is 3.67. The lowest BCUT2D eigenvalue weighted by Gasteiger charge is -2.16. The van der Waals surface area contributed by atoms with Gasteiger partial charge in [-0.25, -0.2) is 0 Å². The van der Waals surface area contributed by atoms with Gasteiger partial charge in [0.1, 0.15) is 0 Å². The van der Waals surface area contributed by atoms with Crippen LogP contribution in [-0.4, -0.2) is 25.0 Å². The van der Waals surface area contributed by atoms with Gasteiger partial charge in [0, 0.05) is 31.4 Å². The molecule has 0 saturated heterocycles. The number of rotatable bonds is 3. The van der Waals surface area contributed by atoms with Crippen LogP contribution in [0.4, 0.5) is 11.4 Å². The largest absolute Gasteiger partial charge is 0.377 e. The first-order valence-corrected chi connectivity index (χ1v) is 8.05. The van der Waals surface area contributed by atoms with E-state index in [1.807, 2.05) is 37.2 Å². The Bertz CT molecular complexity index is 905. The Labute approximate surface area is 150 Å². The number of para-hydroxylation sites is 1. The summed E-state index contributed by atoms with van der Waals surface area (Å²) in [6.07, 6.45) is 1.72. The average molecular weight is 360 g/mol. The second-order valence-corrected chi connectivity index (χ2v) is 6.29. The molecule has 0 aliphatic heterocycles. The molecule has 0 bridgehead atoms. The molecule has 24 heavy (non-hydrogen) atoms. The average Bonchev–Trinajstić information content (AvgIpc) is 2.54. The van der Waals surface area contributed by atoms with Crippen molar-refractivity contribution in [3.8, 4) is 0 Å². The van der Waals surface area contributed by atoms with Crippen molar-refractivity contribution in [2.24, 2.45) is 0 Å². The van der Waals surface area contributed by atoms with Crippen LogP contribution in [0.5, 0.6) is 0 Å². The third-order valence-corrected chi connectivity index (χ3v) is 4.30. The zero-order valence-electron chi connectivity index (χ0n) is 13.2. The molecule has 6 heteroatoms. The number of hydrogen-bond acceptors (Lipinski definition) is 3. The fourth-order valence-corrected chi connectivity index (χ4v) is 3.12. The molecule has 0 radical (unpaired) electrons. The van der Waals surface area contributed by atoms with E-state index in [2.05, 4.69) is 10.3 Å². The maximum absolute atomic E-state index is 12.6. The van der Waals surface area contributed by atoms with E-state index in [0.717, 1.165) is 11.1 Å². The number of hydrogen-bond donors (Lipinski definition) is 1. The second-order valence-electron chi connectivity index (χ2n) is 5.48. The van der Waals surface area contributed by atoms with Crippen LogP contribution in [0.15, 0.2) is 48.7 Å². The quantitative estimate of drug-likeness (QED) is 0.726. The molecule has 1 amide bonds. The van der Waals surface area contributed by atoms with Crippen LogP contribution in [0.2, 0.25) is 10.0 Å². The summed E-state index contributed by atoms with van der Waals surface area (Å²) in [5.41, 5.74) is 2.59. The smallest absolute Gasteiger partial charge is 0.258 e. The zero-order chi connectivity index (χ0) is 17.3. The van der Waals surface area contributed by atoms with Crippen molar-refractivity contribution in [1.29, 1.82) is 0 Å². The van der Waals surface area contributed by atoms with Crippen LogP contribution >= 0.6 is 23.2 Å². The summed E-state index contributed by atoms with van der Waals surface area (Å²) in [7, 11) is 3.92. The number of aromatic nitrogens is 1. The number of amides is 1. The number of carbonyl (C=O) groups is 1. The number of halogens is 2. The van der Waals surface area contributed by atoms with Gasteiger partial charge in [0.15, 0.2) is 0 Å².